The van der Waals surface area contributed by atoms with Crippen LogP contribution >= 0.6 is 0 Å². The molecule has 90 valence electrons. The molecule has 1 aliphatic heterocycles. The number of hydrogen-bond donors (Lipinski definition) is 3. The van der Waals surface area contributed by atoms with E-state index in [1.165, 1.54) is 0 Å². The number of nitrogens with one attached hydrogen (secondary N) is 3. The third-order valence-corrected chi connectivity index (χ3v) is 2.90. The predicted octanol–water partition coefficient (Wildman–Crippen LogP) is -0.00710. The summed E-state index contributed by atoms with van der Waals surface area (Å²) in [5, 5.41) is 17.2. The maximum atomic E-state index is 4.48. The molecular weight excluding hydrogens is 218 g/mol. The molecule has 3 rings (SSSR count). The lowest BCUT2D eigenvalue weighted by atomic mass is 10.2. The number of piperazine rings is 1. The van der Waals surface area contributed by atoms with Crippen LogP contribution in [0, 0.1) is 0 Å². The summed E-state index contributed by atoms with van der Waals surface area (Å²) in [6.07, 6.45) is 3.52. The molecule has 1 fully saturated rings. The summed E-state index contributed by atoms with van der Waals surface area (Å²) in [6.45, 7) is 5.00. The third-order valence-electron chi connectivity index (χ3n) is 2.90. The maximum absolute atomic E-state index is 4.48. The summed E-state index contributed by atoms with van der Waals surface area (Å²) in [4.78, 5) is 6.66. The second-order valence-electron chi connectivity index (χ2n) is 4.27. The lowest BCUT2D eigenvalue weighted by Crippen LogP contribution is -2.49. The molecule has 3 heterocycles. The first-order chi connectivity index (χ1) is 8.33. The van der Waals surface area contributed by atoms with Gasteiger partial charge in [0.1, 0.15) is 0 Å². The first-order valence-corrected chi connectivity index (χ1v) is 5.73. The molecule has 17 heavy (non-hydrogen) atoms. The van der Waals surface area contributed by atoms with Gasteiger partial charge in [0, 0.05) is 31.9 Å². The Morgan fingerprint density at radius 3 is 3.18 bits per heavy atom. The number of H-pyrrole nitrogens is 2. The van der Waals surface area contributed by atoms with E-state index in [4.69, 9.17) is 0 Å². The number of aromatic nitrogens is 5. The molecule has 2 aromatic rings. The largest absolute Gasteiger partial charge is 0.337 e. The Bertz CT molecular complexity index is 475. The van der Waals surface area contributed by atoms with E-state index < -0.39 is 0 Å². The molecule has 0 unspecified atom stereocenters. The summed E-state index contributed by atoms with van der Waals surface area (Å²) in [7, 11) is 0. The summed E-state index contributed by atoms with van der Waals surface area (Å²) < 4.78 is 0. The summed E-state index contributed by atoms with van der Waals surface area (Å²) in [6, 6.07) is 0.472. The molecule has 0 aliphatic carbocycles. The van der Waals surface area contributed by atoms with Gasteiger partial charge in [0.15, 0.2) is 5.82 Å². The molecule has 7 heteroatoms. The lowest BCUT2D eigenvalue weighted by Gasteiger charge is -2.30. The molecule has 0 saturated carbocycles. The summed E-state index contributed by atoms with van der Waals surface area (Å²) in [5.74, 6) is 1.51. The molecule has 1 aliphatic rings. The minimum absolute atomic E-state index is 0.472. The van der Waals surface area contributed by atoms with Crippen LogP contribution in [0.5, 0.6) is 0 Å². The van der Waals surface area contributed by atoms with Gasteiger partial charge in [0.05, 0.1) is 11.8 Å². The van der Waals surface area contributed by atoms with Gasteiger partial charge >= 0.3 is 0 Å². The van der Waals surface area contributed by atoms with Crippen LogP contribution in [0.25, 0.3) is 11.4 Å². The lowest BCUT2D eigenvalue weighted by molar-refractivity contribution is 0.480. The van der Waals surface area contributed by atoms with Gasteiger partial charge in [-0.3, -0.25) is 10.2 Å². The number of aromatic amines is 2. The van der Waals surface area contributed by atoms with Crippen molar-refractivity contribution in [1.29, 1.82) is 0 Å². The van der Waals surface area contributed by atoms with E-state index in [-0.39, 0.29) is 0 Å². The van der Waals surface area contributed by atoms with E-state index in [9.17, 15) is 0 Å². The Kier molecular flexibility index (Phi) is 2.52. The quantitative estimate of drug-likeness (QED) is 0.679. The van der Waals surface area contributed by atoms with Crippen molar-refractivity contribution in [2.75, 3.05) is 24.5 Å². The van der Waals surface area contributed by atoms with Gasteiger partial charge in [-0.05, 0) is 6.92 Å². The molecule has 2 aromatic heterocycles. The second-order valence-corrected chi connectivity index (χ2v) is 4.27. The van der Waals surface area contributed by atoms with Crippen molar-refractivity contribution in [1.82, 2.24) is 30.7 Å². The average molecular weight is 233 g/mol. The van der Waals surface area contributed by atoms with Crippen LogP contribution in [0.15, 0.2) is 12.4 Å². The monoisotopic (exact) mass is 233 g/mol. The second kappa shape index (κ2) is 4.17. The predicted molar refractivity (Wildman–Crippen MR) is 63.6 cm³/mol. The molecule has 0 bridgehead atoms. The van der Waals surface area contributed by atoms with Crippen LogP contribution in [-0.2, 0) is 0 Å². The first kappa shape index (κ1) is 10.3. The van der Waals surface area contributed by atoms with Crippen LogP contribution in [0.4, 0.5) is 5.95 Å². The van der Waals surface area contributed by atoms with Gasteiger partial charge < -0.3 is 10.2 Å². The minimum atomic E-state index is 0.472. The van der Waals surface area contributed by atoms with Crippen molar-refractivity contribution >= 4 is 5.95 Å². The molecule has 7 nitrogen and oxygen atoms in total. The van der Waals surface area contributed by atoms with Crippen molar-refractivity contribution in [2.24, 2.45) is 0 Å². The van der Waals surface area contributed by atoms with Crippen LogP contribution < -0.4 is 10.2 Å². The summed E-state index contributed by atoms with van der Waals surface area (Å²) >= 11 is 0. The number of anilines is 1. The smallest absolute Gasteiger partial charge is 0.245 e. The fourth-order valence-electron chi connectivity index (χ4n) is 2.02. The van der Waals surface area contributed by atoms with Crippen molar-refractivity contribution < 1.29 is 0 Å². The van der Waals surface area contributed by atoms with Crippen LogP contribution in [-0.4, -0.2) is 51.1 Å². The fraction of sp³-hybridized carbons (Fsp3) is 0.500. The maximum Gasteiger partial charge on any atom is 0.245 e. The van der Waals surface area contributed by atoms with Crippen molar-refractivity contribution in [2.45, 2.75) is 13.0 Å². The zero-order chi connectivity index (χ0) is 11.7. The Labute approximate surface area is 98.6 Å². The van der Waals surface area contributed by atoms with Gasteiger partial charge in [-0.2, -0.15) is 10.1 Å². The Balaban J connectivity index is 1.80. The highest BCUT2D eigenvalue weighted by Gasteiger charge is 2.19. The third kappa shape index (κ3) is 2.01. The average Bonchev–Trinajstić information content (AvgIpc) is 3.00. The number of rotatable bonds is 2. The van der Waals surface area contributed by atoms with Crippen LogP contribution in [0.1, 0.15) is 6.92 Å². The number of nitrogens with zero attached hydrogens (tertiary/aromatic N) is 4. The molecule has 3 N–H and O–H groups in total. The molecule has 0 radical (unpaired) electrons. The van der Waals surface area contributed by atoms with Crippen molar-refractivity contribution in [3.05, 3.63) is 12.4 Å². The fourth-order valence-corrected chi connectivity index (χ4v) is 2.02. The molecule has 0 spiro atoms. The molecule has 0 aromatic carbocycles. The van der Waals surface area contributed by atoms with Gasteiger partial charge in [-0.1, -0.05) is 0 Å². The van der Waals surface area contributed by atoms with Crippen LogP contribution in [0.3, 0.4) is 0 Å². The minimum Gasteiger partial charge on any atom is -0.337 e. The van der Waals surface area contributed by atoms with E-state index in [0.717, 1.165) is 37.0 Å². The topological polar surface area (TPSA) is 85.5 Å². The van der Waals surface area contributed by atoms with E-state index >= 15 is 0 Å². The van der Waals surface area contributed by atoms with E-state index in [0.29, 0.717) is 6.04 Å². The van der Waals surface area contributed by atoms with Gasteiger partial charge in [-0.25, -0.2) is 0 Å². The number of hydrogen-bond acceptors (Lipinski definition) is 5. The zero-order valence-electron chi connectivity index (χ0n) is 9.64. The Morgan fingerprint density at radius 1 is 1.47 bits per heavy atom. The van der Waals surface area contributed by atoms with Gasteiger partial charge in [-0.15, -0.1) is 5.10 Å². The first-order valence-electron chi connectivity index (χ1n) is 5.73. The highest BCUT2D eigenvalue weighted by Crippen LogP contribution is 2.16. The molecular formula is C10H15N7. The van der Waals surface area contributed by atoms with Gasteiger partial charge in [0.25, 0.3) is 0 Å². The highest BCUT2D eigenvalue weighted by molar-refractivity contribution is 5.53. The Morgan fingerprint density at radius 2 is 2.41 bits per heavy atom. The van der Waals surface area contributed by atoms with Crippen molar-refractivity contribution in [3.63, 3.8) is 0 Å². The van der Waals surface area contributed by atoms with Gasteiger partial charge in [0.2, 0.25) is 5.95 Å². The zero-order valence-corrected chi connectivity index (χ0v) is 9.64. The summed E-state index contributed by atoms with van der Waals surface area (Å²) in [5.41, 5.74) is 0.923. The standard InChI is InChI=1S/C10H15N7/c1-7-6-17(3-2-11-7)10-14-9(15-16-10)8-4-12-13-5-8/h4-5,7,11H,2-3,6H2,1H3,(H,12,13)(H,14,15,16)/t7-/m1/s1. The highest BCUT2D eigenvalue weighted by atomic mass is 15.4. The SMILES string of the molecule is C[C@@H]1CN(c2n[nH]c(-c3cn[nH]c3)n2)CCN1. The van der Waals surface area contributed by atoms with Crippen LogP contribution in [0.2, 0.25) is 0 Å². The normalized spacial score (nSPS) is 20.8. The molecule has 1 saturated heterocycles. The Hall–Kier alpha value is -1.89. The van der Waals surface area contributed by atoms with Crippen molar-refractivity contribution in [3.8, 4) is 11.4 Å². The molecule has 1 atom stereocenters. The van der Waals surface area contributed by atoms with E-state index in [2.05, 4.69) is 42.5 Å². The molecule has 0 amide bonds. The van der Waals surface area contributed by atoms with E-state index in [1.54, 1.807) is 12.4 Å². The van der Waals surface area contributed by atoms with E-state index in [1.807, 2.05) is 0 Å².